The molecule has 0 unspecified atom stereocenters. The molecule has 0 bridgehead atoms. The summed E-state index contributed by atoms with van der Waals surface area (Å²) in [5.41, 5.74) is 4.15. The van der Waals surface area contributed by atoms with Crippen LogP contribution >= 0.6 is 0 Å². The second-order valence-electron chi connectivity index (χ2n) is 9.09. The van der Waals surface area contributed by atoms with Gasteiger partial charge in [0, 0.05) is 36.9 Å². The van der Waals surface area contributed by atoms with E-state index in [0.29, 0.717) is 17.3 Å². The van der Waals surface area contributed by atoms with Gasteiger partial charge in [0.25, 0.3) is 10.0 Å². The molecular formula is C28H29N3O2S. The Morgan fingerprint density at radius 3 is 2.35 bits per heavy atom. The van der Waals surface area contributed by atoms with Crippen LogP contribution in [0.1, 0.15) is 36.9 Å². The molecule has 2 heterocycles. The third kappa shape index (κ3) is 4.14. The number of hydrogen-bond donors (Lipinski definition) is 0. The fourth-order valence-corrected chi connectivity index (χ4v) is 6.27. The van der Waals surface area contributed by atoms with Crippen molar-refractivity contribution in [3.63, 3.8) is 0 Å². The van der Waals surface area contributed by atoms with E-state index in [-0.39, 0.29) is 4.90 Å². The largest absolute Gasteiger partial charge is 0.378 e. The van der Waals surface area contributed by atoms with Crippen molar-refractivity contribution >= 4 is 32.3 Å². The summed E-state index contributed by atoms with van der Waals surface area (Å²) < 4.78 is 29.3. The Labute approximate surface area is 201 Å². The molecule has 0 saturated heterocycles. The van der Waals surface area contributed by atoms with Gasteiger partial charge in [0.2, 0.25) is 0 Å². The maximum Gasteiger partial charge on any atom is 0.269 e. The van der Waals surface area contributed by atoms with Crippen molar-refractivity contribution in [2.45, 2.75) is 30.6 Å². The molecule has 174 valence electrons. The standard InChI is InChI=1S/C28H29N3O2S/c1-30(2)24-16-14-22(15-17-24)26(19-21-9-6-7-10-21)27-20-23-11-8-18-29-28(23)31(27)34(32,33)25-12-4-3-5-13-25/h3-5,8,11-21H,6-7,9-10H2,1-2H3/b26-19+. The first-order chi connectivity index (χ1) is 16.4. The summed E-state index contributed by atoms with van der Waals surface area (Å²) in [6, 6.07) is 22.7. The molecule has 4 aromatic rings. The van der Waals surface area contributed by atoms with Crippen molar-refractivity contribution in [2.75, 3.05) is 19.0 Å². The molecular weight excluding hydrogens is 442 g/mol. The molecule has 1 aliphatic rings. The summed E-state index contributed by atoms with van der Waals surface area (Å²) in [5.74, 6) is 0.433. The topological polar surface area (TPSA) is 55.2 Å². The molecule has 1 fully saturated rings. The van der Waals surface area contributed by atoms with Crippen molar-refractivity contribution in [1.82, 2.24) is 8.96 Å². The van der Waals surface area contributed by atoms with Crippen molar-refractivity contribution < 1.29 is 8.42 Å². The van der Waals surface area contributed by atoms with Gasteiger partial charge in [-0.2, -0.15) is 0 Å². The molecule has 1 aliphatic carbocycles. The Bertz CT molecular complexity index is 1430. The Hall–Kier alpha value is -3.38. The van der Waals surface area contributed by atoms with Crippen molar-refractivity contribution in [3.8, 4) is 0 Å². The highest BCUT2D eigenvalue weighted by Gasteiger charge is 2.27. The van der Waals surface area contributed by atoms with E-state index >= 15 is 0 Å². The van der Waals surface area contributed by atoms with E-state index in [1.165, 1.54) is 16.8 Å². The number of nitrogens with zero attached hydrogens (tertiary/aromatic N) is 3. The van der Waals surface area contributed by atoms with Crippen molar-refractivity contribution in [3.05, 3.63) is 96.3 Å². The number of aromatic nitrogens is 2. The minimum absolute atomic E-state index is 0.252. The number of allylic oxidation sites excluding steroid dienone is 1. The molecule has 0 radical (unpaired) electrons. The Balaban J connectivity index is 1.76. The van der Waals surface area contributed by atoms with Crippen LogP contribution in [0.15, 0.2) is 90.0 Å². The number of anilines is 1. The summed E-state index contributed by atoms with van der Waals surface area (Å²) in [5, 5.41) is 0.805. The first-order valence-corrected chi connectivity index (χ1v) is 13.2. The van der Waals surface area contributed by atoms with Crippen LogP contribution in [0.25, 0.3) is 16.6 Å². The van der Waals surface area contributed by atoms with Gasteiger partial charge < -0.3 is 4.90 Å². The maximum absolute atomic E-state index is 13.9. The highest BCUT2D eigenvalue weighted by Crippen LogP contribution is 2.36. The van der Waals surface area contributed by atoms with Crippen molar-refractivity contribution in [2.24, 2.45) is 5.92 Å². The van der Waals surface area contributed by atoms with Crippen LogP contribution in [-0.2, 0) is 10.0 Å². The Morgan fingerprint density at radius 2 is 1.68 bits per heavy atom. The highest BCUT2D eigenvalue weighted by atomic mass is 32.2. The van der Waals surface area contributed by atoms with E-state index in [0.717, 1.165) is 35.1 Å². The van der Waals surface area contributed by atoms with Crippen LogP contribution in [0.5, 0.6) is 0 Å². The van der Waals surface area contributed by atoms with Gasteiger partial charge >= 0.3 is 0 Å². The van der Waals surface area contributed by atoms with Gasteiger partial charge in [-0.1, -0.05) is 49.2 Å². The zero-order valence-electron chi connectivity index (χ0n) is 19.6. The van der Waals surface area contributed by atoms with Crippen LogP contribution in [0.3, 0.4) is 0 Å². The lowest BCUT2D eigenvalue weighted by molar-refractivity contribution is 0.588. The lowest BCUT2D eigenvalue weighted by Gasteiger charge is -2.17. The van der Waals surface area contributed by atoms with Crippen LogP contribution in [0.2, 0.25) is 0 Å². The molecule has 0 aliphatic heterocycles. The maximum atomic E-state index is 13.9. The fourth-order valence-electron chi connectivity index (χ4n) is 4.77. The number of rotatable bonds is 6. The zero-order chi connectivity index (χ0) is 23.7. The first kappa shape index (κ1) is 22.4. The molecule has 2 aromatic carbocycles. The number of fused-ring (bicyclic) bond motifs is 1. The molecule has 1 saturated carbocycles. The Kier molecular flexibility index (Phi) is 6.00. The van der Waals surface area contributed by atoms with Gasteiger partial charge in [0.05, 0.1) is 10.6 Å². The summed E-state index contributed by atoms with van der Waals surface area (Å²) in [6.45, 7) is 0. The van der Waals surface area contributed by atoms with Crippen LogP contribution < -0.4 is 4.90 Å². The molecule has 2 aromatic heterocycles. The average Bonchev–Trinajstić information content (AvgIpc) is 3.51. The predicted molar refractivity (Wildman–Crippen MR) is 139 cm³/mol. The van der Waals surface area contributed by atoms with Gasteiger partial charge in [-0.25, -0.2) is 17.4 Å². The normalized spacial score (nSPS) is 15.2. The second-order valence-corrected chi connectivity index (χ2v) is 10.9. The van der Waals surface area contributed by atoms with Crippen molar-refractivity contribution in [1.29, 1.82) is 0 Å². The van der Waals surface area contributed by atoms with E-state index in [4.69, 9.17) is 0 Å². The fraction of sp³-hybridized carbons (Fsp3) is 0.250. The molecule has 0 amide bonds. The average molecular weight is 472 g/mol. The molecule has 0 N–H and O–H groups in total. The van der Waals surface area contributed by atoms with Gasteiger partial charge in [-0.3, -0.25) is 0 Å². The lowest BCUT2D eigenvalue weighted by atomic mass is 9.96. The Morgan fingerprint density at radius 1 is 0.971 bits per heavy atom. The highest BCUT2D eigenvalue weighted by molar-refractivity contribution is 7.90. The zero-order valence-corrected chi connectivity index (χ0v) is 20.4. The third-order valence-corrected chi connectivity index (χ3v) is 8.29. The minimum Gasteiger partial charge on any atom is -0.378 e. The van der Waals surface area contributed by atoms with Gasteiger partial charge in [0.1, 0.15) is 0 Å². The van der Waals surface area contributed by atoms with E-state index in [2.05, 4.69) is 40.2 Å². The summed E-state index contributed by atoms with van der Waals surface area (Å²) in [6.07, 6.45) is 8.60. The second kappa shape index (κ2) is 9.11. The summed E-state index contributed by atoms with van der Waals surface area (Å²) in [7, 11) is 0.172. The molecule has 34 heavy (non-hydrogen) atoms. The van der Waals surface area contributed by atoms with Gasteiger partial charge in [0.15, 0.2) is 5.65 Å². The predicted octanol–water partition coefficient (Wildman–Crippen LogP) is 5.96. The van der Waals surface area contributed by atoms with Crippen LogP contribution in [0, 0.1) is 5.92 Å². The van der Waals surface area contributed by atoms with E-state index < -0.39 is 10.0 Å². The molecule has 6 heteroatoms. The molecule has 5 rings (SSSR count). The smallest absolute Gasteiger partial charge is 0.269 e. The SMILES string of the molecule is CN(C)c1ccc(/C(=C\C2CCCC2)c2cc3cccnc3n2S(=O)(=O)c2ccccc2)cc1. The van der Waals surface area contributed by atoms with Crippen LogP contribution in [0.4, 0.5) is 5.69 Å². The molecule has 5 nitrogen and oxygen atoms in total. The summed E-state index contributed by atoms with van der Waals surface area (Å²) in [4.78, 5) is 6.80. The van der Waals surface area contributed by atoms with Gasteiger partial charge in [-0.15, -0.1) is 0 Å². The van der Waals surface area contributed by atoms with E-state index in [1.807, 2.05) is 38.4 Å². The molecule has 0 spiro atoms. The quantitative estimate of drug-likeness (QED) is 0.348. The van der Waals surface area contributed by atoms with Crippen LogP contribution in [-0.4, -0.2) is 31.5 Å². The van der Waals surface area contributed by atoms with E-state index in [1.54, 1.807) is 30.5 Å². The van der Waals surface area contributed by atoms with E-state index in [9.17, 15) is 8.42 Å². The monoisotopic (exact) mass is 471 g/mol. The lowest BCUT2D eigenvalue weighted by Crippen LogP contribution is -2.16. The first-order valence-electron chi connectivity index (χ1n) is 11.7. The van der Waals surface area contributed by atoms with Gasteiger partial charge in [-0.05, 0) is 66.8 Å². The number of benzene rings is 2. The minimum atomic E-state index is -3.86. The number of pyridine rings is 1. The molecule has 0 atom stereocenters. The third-order valence-electron chi connectivity index (χ3n) is 6.57. The number of hydrogen-bond acceptors (Lipinski definition) is 4. The summed E-state index contributed by atoms with van der Waals surface area (Å²) >= 11 is 0.